The van der Waals surface area contributed by atoms with Gasteiger partial charge in [0.15, 0.2) is 17.4 Å². The van der Waals surface area contributed by atoms with Crippen molar-refractivity contribution in [2.45, 2.75) is 26.7 Å². The van der Waals surface area contributed by atoms with Crippen LogP contribution >= 0.6 is 0 Å². The Balaban J connectivity index is 1.65. The average Bonchev–Trinajstić information content (AvgIpc) is 3.09. The number of para-hydroxylation sites is 2. The van der Waals surface area contributed by atoms with Gasteiger partial charge in [0.2, 0.25) is 0 Å². The monoisotopic (exact) mass is 417 g/mol. The summed E-state index contributed by atoms with van der Waals surface area (Å²) in [5, 5.41) is 19.9. The molecule has 1 N–H and O–H groups in total. The van der Waals surface area contributed by atoms with Crippen molar-refractivity contribution in [1.82, 2.24) is 9.55 Å². The smallest absolute Gasteiger partial charge is 0.306 e. The minimum atomic E-state index is -0.632. The number of allylic oxidation sites excluding steroid dienone is 1. The van der Waals surface area contributed by atoms with Crippen LogP contribution in [0.3, 0.4) is 0 Å². The summed E-state index contributed by atoms with van der Waals surface area (Å²) in [5.41, 5.74) is 3.83. The van der Waals surface area contributed by atoms with E-state index in [0.29, 0.717) is 11.1 Å². The highest BCUT2D eigenvalue weighted by molar-refractivity contribution is 5.99. The number of nitrogens with zero attached hydrogens (tertiary/aromatic N) is 3. The van der Waals surface area contributed by atoms with Crippen LogP contribution in [0, 0.1) is 25.2 Å². The van der Waals surface area contributed by atoms with Gasteiger partial charge in [0.05, 0.1) is 17.5 Å². The number of Topliss-reactive ketones (excluding diaryl/α,β-unsaturated/α-hetero) is 1. The second-order valence-electron chi connectivity index (χ2n) is 7.32. The number of ether oxygens (including phenoxy) is 1. The lowest BCUT2D eigenvalue weighted by atomic mass is 9.99. The molecule has 3 rings (SSSR count). The first-order chi connectivity index (χ1) is 14.8. The fraction of sp³-hybridized carbons (Fsp3) is 0.250. The molecule has 0 fully saturated rings. The van der Waals surface area contributed by atoms with E-state index in [1.807, 2.05) is 50.2 Å². The zero-order valence-corrected chi connectivity index (χ0v) is 17.7. The van der Waals surface area contributed by atoms with Crippen molar-refractivity contribution in [3.05, 3.63) is 70.7 Å². The predicted octanol–water partition coefficient (Wildman–Crippen LogP) is 4.19. The molecule has 0 saturated carbocycles. The molecule has 0 saturated heterocycles. The number of ketones is 1. The molecular formula is C24H23N3O4. The lowest BCUT2D eigenvalue weighted by Crippen LogP contribution is -2.12. The maximum absolute atomic E-state index is 12.4. The van der Waals surface area contributed by atoms with Crippen molar-refractivity contribution in [1.29, 1.82) is 5.26 Å². The highest BCUT2D eigenvalue weighted by Gasteiger charge is 2.18. The molecule has 1 heterocycles. The molecule has 2 aromatic carbocycles. The third-order valence-corrected chi connectivity index (χ3v) is 5.03. The number of hydrogen-bond donors (Lipinski definition) is 1. The lowest BCUT2D eigenvalue weighted by Gasteiger charge is -2.08. The fourth-order valence-corrected chi connectivity index (χ4v) is 3.29. The molecule has 0 amide bonds. The van der Waals surface area contributed by atoms with Crippen molar-refractivity contribution in [2.24, 2.45) is 7.05 Å². The Kier molecular flexibility index (Phi) is 6.51. The number of carbonyl (C=O) groups is 2. The highest BCUT2D eigenvalue weighted by Crippen LogP contribution is 2.22. The number of esters is 1. The van der Waals surface area contributed by atoms with Crippen LogP contribution in [-0.4, -0.2) is 33.0 Å². The van der Waals surface area contributed by atoms with Gasteiger partial charge < -0.3 is 14.4 Å². The van der Waals surface area contributed by atoms with Gasteiger partial charge in [-0.3, -0.25) is 9.59 Å². The molecular weight excluding hydrogens is 394 g/mol. The lowest BCUT2D eigenvalue weighted by molar-refractivity contribution is -0.143. The maximum Gasteiger partial charge on any atom is 0.306 e. The topological polar surface area (TPSA) is 105 Å². The van der Waals surface area contributed by atoms with E-state index >= 15 is 0 Å². The zero-order chi connectivity index (χ0) is 22.5. The van der Waals surface area contributed by atoms with Crippen LogP contribution < -0.4 is 0 Å². The summed E-state index contributed by atoms with van der Waals surface area (Å²) in [6.45, 7) is 3.28. The number of fused-ring (bicyclic) bond motifs is 1. The molecule has 7 heteroatoms. The second kappa shape index (κ2) is 9.26. The fourth-order valence-electron chi connectivity index (χ4n) is 3.29. The summed E-state index contributed by atoms with van der Waals surface area (Å²) in [6, 6.07) is 14.9. The molecule has 7 nitrogen and oxygen atoms in total. The average molecular weight is 417 g/mol. The number of hydrogen-bond acceptors (Lipinski definition) is 6. The first kappa shape index (κ1) is 21.8. The molecule has 0 aliphatic heterocycles. The van der Waals surface area contributed by atoms with Crippen LogP contribution in [0.1, 0.15) is 40.2 Å². The van der Waals surface area contributed by atoms with Crippen LogP contribution in [0.15, 0.2) is 48.2 Å². The molecule has 0 aliphatic rings. The number of carbonyl (C=O) groups excluding carboxylic acids is 2. The Morgan fingerprint density at radius 2 is 1.90 bits per heavy atom. The van der Waals surface area contributed by atoms with E-state index in [1.54, 1.807) is 23.7 Å². The number of rotatable bonds is 7. The van der Waals surface area contributed by atoms with E-state index in [-0.39, 0.29) is 30.0 Å². The summed E-state index contributed by atoms with van der Waals surface area (Å²) >= 11 is 0. The van der Waals surface area contributed by atoms with Crippen LogP contribution in [0.5, 0.6) is 0 Å². The summed E-state index contributed by atoms with van der Waals surface area (Å²) < 4.78 is 6.76. The number of nitriles is 1. The largest absolute Gasteiger partial charge is 0.507 e. The Morgan fingerprint density at radius 1 is 1.16 bits per heavy atom. The number of aryl methyl sites for hydroxylation is 3. The Hall–Kier alpha value is -3.92. The summed E-state index contributed by atoms with van der Waals surface area (Å²) in [7, 11) is 1.74. The predicted molar refractivity (Wildman–Crippen MR) is 116 cm³/mol. The van der Waals surface area contributed by atoms with Gasteiger partial charge in [-0.15, -0.1) is 0 Å². The van der Waals surface area contributed by atoms with E-state index in [1.165, 1.54) is 0 Å². The van der Waals surface area contributed by atoms with Crippen LogP contribution in [0.4, 0.5) is 0 Å². The van der Waals surface area contributed by atoms with Crippen molar-refractivity contribution >= 4 is 28.4 Å². The standard InChI is InChI=1S/C24H23N3O4/c1-15-8-9-16(2)17(12-15)21(28)10-11-23(30)31-14-22(29)18(13-25)24-26-19-6-4-5-7-20(19)27(24)3/h4-9,12,29H,10-11,14H2,1-3H3/b22-18-. The number of aliphatic hydroxyl groups excluding tert-OH is 1. The van der Waals surface area contributed by atoms with E-state index in [4.69, 9.17) is 4.74 Å². The van der Waals surface area contributed by atoms with Gasteiger partial charge in [0.25, 0.3) is 0 Å². The van der Waals surface area contributed by atoms with E-state index in [9.17, 15) is 20.0 Å². The molecule has 0 unspecified atom stereocenters. The number of imidazole rings is 1. The maximum atomic E-state index is 12.4. The van der Waals surface area contributed by atoms with Gasteiger partial charge in [-0.05, 0) is 37.6 Å². The van der Waals surface area contributed by atoms with Gasteiger partial charge in [0.1, 0.15) is 18.2 Å². The Morgan fingerprint density at radius 3 is 2.61 bits per heavy atom. The first-order valence-corrected chi connectivity index (χ1v) is 9.82. The van der Waals surface area contributed by atoms with E-state index in [2.05, 4.69) is 4.98 Å². The van der Waals surface area contributed by atoms with Crippen LogP contribution in [0.25, 0.3) is 16.6 Å². The van der Waals surface area contributed by atoms with Crippen molar-refractivity contribution in [3.8, 4) is 6.07 Å². The third-order valence-electron chi connectivity index (χ3n) is 5.03. The third kappa shape index (κ3) is 4.81. The number of benzene rings is 2. The molecule has 158 valence electrons. The summed E-state index contributed by atoms with van der Waals surface area (Å²) in [6.07, 6.45) is -0.114. The van der Waals surface area contributed by atoms with Gasteiger partial charge in [-0.1, -0.05) is 29.8 Å². The van der Waals surface area contributed by atoms with E-state index < -0.39 is 18.3 Å². The molecule has 31 heavy (non-hydrogen) atoms. The summed E-state index contributed by atoms with van der Waals surface area (Å²) in [4.78, 5) is 28.9. The van der Waals surface area contributed by atoms with Crippen molar-refractivity contribution in [3.63, 3.8) is 0 Å². The SMILES string of the molecule is Cc1ccc(C)c(C(=O)CCC(=O)OC/C(O)=C(\C#N)c2nc3ccccc3n2C)c1. The minimum absolute atomic E-state index is 0.00344. The number of aromatic nitrogens is 2. The second-order valence-corrected chi connectivity index (χ2v) is 7.32. The van der Waals surface area contributed by atoms with Crippen LogP contribution in [0.2, 0.25) is 0 Å². The van der Waals surface area contributed by atoms with E-state index in [0.717, 1.165) is 16.6 Å². The normalized spacial score (nSPS) is 11.7. The highest BCUT2D eigenvalue weighted by atomic mass is 16.5. The van der Waals surface area contributed by atoms with Crippen LogP contribution in [-0.2, 0) is 16.6 Å². The van der Waals surface area contributed by atoms with Gasteiger partial charge in [-0.25, -0.2) is 4.98 Å². The van der Waals surface area contributed by atoms with Gasteiger partial charge in [0, 0.05) is 19.0 Å². The van der Waals surface area contributed by atoms with Gasteiger partial charge >= 0.3 is 5.97 Å². The molecule has 0 spiro atoms. The molecule has 0 bridgehead atoms. The molecule has 0 radical (unpaired) electrons. The molecule has 0 atom stereocenters. The molecule has 0 aliphatic carbocycles. The quantitative estimate of drug-likeness (QED) is 0.267. The Bertz CT molecular complexity index is 1230. The number of aliphatic hydroxyl groups is 1. The van der Waals surface area contributed by atoms with Crippen molar-refractivity contribution < 1.29 is 19.4 Å². The Labute approximate surface area is 180 Å². The van der Waals surface area contributed by atoms with Crippen molar-refractivity contribution in [2.75, 3.05) is 6.61 Å². The first-order valence-electron chi connectivity index (χ1n) is 9.82. The minimum Gasteiger partial charge on any atom is -0.507 e. The molecule has 3 aromatic rings. The van der Waals surface area contributed by atoms with Gasteiger partial charge in [-0.2, -0.15) is 5.26 Å². The summed E-state index contributed by atoms with van der Waals surface area (Å²) in [5.74, 6) is -0.889. The zero-order valence-electron chi connectivity index (χ0n) is 17.7. The molecule has 1 aromatic heterocycles.